The fourth-order valence-corrected chi connectivity index (χ4v) is 4.07. The second kappa shape index (κ2) is 6.63. The zero-order valence-electron chi connectivity index (χ0n) is 14.4. The van der Waals surface area contributed by atoms with Crippen LogP contribution in [0, 0.1) is 0 Å². The molecule has 1 N–H and O–H groups in total. The highest BCUT2D eigenvalue weighted by Crippen LogP contribution is 2.44. The van der Waals surface area contributed by atoms with Crippen LogP contribution in [0.1, 0.15) is 23.6 Å². The van der Waals surface area contributed by atoms with Crippen molar-refractivity contribution in [3.8, 4) is 0 Å². The first-order valence-electron chi connectivity index (χ1n) is 8.82. The van der Waals surface area contributed by atoms with Crippen molar-refractivity contribution in [2.45, 2.75) is 18.4 Å². The summed E-state index contributed by atoms with van der Waals surface area (Å²) in [5, 5.41) is 3.55. The van der Waals surface area contributed by atoms with Crippen molar-refractivity contribution < 1.29 is 4.79 Å². The van der Waals surface area contributed by atoms with Crippen molar-refractivity contribution in [2.24, 2.45) is 4.99 Å². The number of carbonyl (C=O) groups excluding carboxylic acids is 1. The zero-order chi connectivity index (χ0) is 18.2. The first-order chi connectivity index (χ1) is 13.3. The number of nitrogens with zero attached hydrogens (tertiary/aromatic N) is 3. The molecule has 3 aromatic rings. The number of amidine groups is 1. The van der Waals surface area contributed by atoms with Crippen LogP contribution >= 0.6 is 11.8 Å². The van der Waals surface area contributed by atoms with E-state index in [9.17, 15) is 4.79 Å². The van der Waals surface area contributed by atoms with Crippen molar-refractivity contribution in [3.05, 3.63) is 77.0 Å². The topological polar surface area (TPSA) is 67.2 Å². The second-order valence-electron chi connectivity index (χ2n) is 6.60. The largest absolute Gasteiger partial charge is 0.301 e. The molecule has 3 heterocycles. The van der Waals surface area contributed by atoms with E-state index in [0.717, 1.165) is 23.1 Å². The lowest BCUT2D eigenvalue weighted by Gasteiger charge is -1.98. The number of fused-ring (bicyclic) bond motifs is 1. The number of hydrogen-bond donors (Lipinski definition) is 1. The number of carbonyl (C=O) groups is 1. The Morgan fingerprint density at radius 3 is 2.85 bits per heavy atom. The molecule has 5 rings (SSSR count). The van der Waals surface area contributed by atoms with Gasteiger partial charge in [0.2, 0.25) is 0 Å². The summed E-state index contributed by atoms with van der Waals surface area (Å²) in [7, 11) is 0. The van der Waals surface area contributed by atoms with Crippen LogP contribution in [0.3, 0.4) is 0 Å². The van der Waals surface area contributed by atoms with Crippen LogP contribution in [0.4, 0.5) is 0 Å². The Kier molecular flexibility index (Phi) is 3.98. The molecule has 0 bridgehead atoms. The maximum atomic E-state index is 12.3. The SMILES string of the molecule is O=C1NC(=NC2CC2c2ccccc2)S/C1=C/c1ccc2ncccc2n1. The second-order valence-corrected chi connectivity index (χ2v) is 7.63. The average molecular weight is 372 g/mol. The number of aliphatic imine (C=N–C) groups is 1. The number of rotatable bonds is 3. The third-order valence-electron chi connectivity index (χ3n) is 4.68. The van der Waals surface area contributed by atoms with E-state index in [1.54, 1.807) is 12.3 Å². The Morgan fingerprint density at radius 2 is 1.96 bits per heavy atom. The Labute approximate surface area is 160 Å². The molecule has 5 nitrogen and oxygen atoms in total. The average Bonchev–Trinajstić information content (AvgIpc) is 3.38. The van der Waals surface area contributed by atoms with Gasteiger partial charge in [-0.1, -0.05) is 30.3 Å². The van der Waals surface area contributed by atoms with E-state index in [-0.39, 0.29) is 11.9 Å². The summed E-state index contributed by atoms with van der Waals surface area (Å²) in [5.74, 6) is 0.336. The quantitative estimate of drug-likeness (QED) is 0.711. The number of hydrogen-bond acceptors (Lipinski definition) is 5. The van der Waals surface area contributed by atoms with E-state index in [4.69, 9.17) is 4.99 Å². The molecular formula is C21H16N4OS. The van der Waals surface area contributed by atoms with Crippen LogP contribution < -0.4 is 5.32 Å². The lowest BCUT2D eigenvalue weighted by atomic mass is 10.1. The highest BCUT2D eigenvalue weighted by atomic mass is 32.2. The number of thioether (sulfide) groups is 1. The lowest BCUT2D eigenvalue weighted by Crippen LogP contribution is -2.20. The van der Waals surface area contributed by atoms with Crippen molar-refractivity contribution in [3.63, 3.8) is 0 Å². The van der Waals surface area contributed by atoms with Crippen LogP contribution in [0.25, 0.3) is 17.1 Å². The van der Waals surface area contributed by atoms with Gasteiger partial charge in [0.25, 0.3) is 5.91 Å². The Balaban J connectivity index is 1.33. The van der Waals surface area contributed by atoms with Crippen molar-refractivity contribution in [1.82, 2.24) is 15.3 Å². The molecule has 1 saturated heterocycles. The number of aromatic nitrogens is 2. The first-order valence-corrected chi connectivity index (χ1v) is 9.63. The van der Waals surface area contributed by atoms with Crippen molar-refractivity contribution >= 4 is 39.9 Å². The smallest absolute Gasteiger partial charge is 0.264 e. The van der Waals surface area contributed by atoms with Crippen LogP contribution in [0.2, 0.25) is 0 Å². The zero-order valence-corrected chi connectivity index (χ0v) is 15.2. The molecule has 132 valence electrons. The Morgan fingerprint density at radius 1 is 1.07 bits per heavy atom. The van der Waals surface area contributed by atoms with Crippen LogP contribution in [-0.2, 0) is 4.79 Å². The minimum atomic E-state index is -0.122. The van der Waals surface area contributed by atoms with Crippen LogP contribution in [0.5, 0.6) is 0 Å². The van der Waals surface area contributed by atoms with E-state index in [2.05, 4.69) is 39.6 Å². The number of nitrogens with one attached hydrogen (secondary N) is 1. The maximum absolute atomic E-state index is 12.3. The summed E-state index contributed by atoms with van der Waals surface area (Å²) in [6.45, 7) is 0. The molecule has 1 saturated carbocycles. The Hall–Kier alpha value is -2.99. The molecule has 1 aliphatic heterocycles. The molecule has 1 aromatic carbocycles. The molecule has 6 heteroatoms. The summed E-state index contributed by atoms with van der Waals surface area (Å²) in [6.07, 6.45) is 4.57. The minimum absolute atomic E-state index is 0.122. The van der Waals surface area contributed by atoms with Crippen LogP contribution in [0.15, 0.2) is 70.7 Å². The van der Waals surface area contributed by atoms with Gasteiger partial charge in [-0.3, -0.25) is 14.8 Å². The molecule has 27 heavy (non-hydrogen) atoms. The predicted octanol–water partition coefficient (Wildman–Crippen LogP) is 3.75. The van der Waals surface area contributed by atoms with Crippen LogP contribution in [-0.4, -0.2) is 27.1 Å². The monoisotopic (exact) mass is 372 g/mol. The molecule has 2 unspecified atom stereocenters. The predicted molar refractivity (Wildman–Crippen MR) is 108 cm³/mol. The van der Waals surface area contributed by atoms with Crippen molar-refractivity contribution in [1.29, 1.82) is 0 Å². The Bertz CT molecular complexity index is 1090. The van der Waals surface area contributed by atoms with Gasteiger partial charge in [-0.15, -0.1) is 0 Å². The van der Waals surface area contributed by atoms with Gasteiger partial charge in [-0.2, -0.15) is 0 Å². The summed E-state index contributed by atoms with van der Waals surface area (Å²) in [6, 6.07) is 18.2. The molecule has 0 spiro atoms. The van der Waals surface area contributed by atoms with Gasteiger partial charge in [0, 0.05) is 12.1 Å². The van der Waals surface area contributed by atoms with E-state index < -0.39 is 0 Å². The lowest BCUT2D eigenvalue weighted by molar-refractivity contribution is -0.115. The van der Waals surface area contributed by atoms with E-state index >= 15 is 0 Å². The standard InChI is InChI=1S/C21H16N4OS/c26-20-19(11-14-8-9-16-17(23-14)7-4-10-22-16)27-21(25-20)24-18-12-15(18)13-5-2-1-3-6-13/h1-11,15,18H,12H2,(H,24,25,26)/b19-11+. The molecule has 1 amide bonds. The molecule has 0 radical (unpaired) electrons. The van der Waals surface area contributed by atoms with E-state index in [1.807, 2.05) is 30.3 Å². The molecule has 2 aliphatic rings. The highest BCUT2D eigenvalue weighted by molar-refractivity contribution is 8.18. The normalized spacial score (nSPS) is 24.5. The third kappa shape index (κ3) is 3.36. The van der Waals surface area contributed by atoms with Gasteiger partial charge in [-0.25, -0.2) is 4.98 Å². The minimum Gasteiger partial charge on any atom is -0.301 e. The molecular weight excluding hydrogens is 356 g/mol. The van der Waals surface area contributed by atoms with Gasteiger partial charge in [0.15, 0.2) is 5.17 Å². The van der Waals surface area contributed by atoms with Gasteiger partial charge >= 0.3 is 0 Å². The fourth-order valence-electron chi connectivity index (χ4n) is 3.21. The number of benzene rings is 1. The molecule has 2 aromatic heterocycles. The van der Waals surface area contributed by atoms with Crippen molar-refractivity contribution in [2.75, 3.05) is 0 Å². The van der Waals surface area contributed by atoms with E-state index in [1.165, 1.54) is 17.3 Å². The first kappa shape index (κ1) is 16.2. The highest BCUT2D eigenvalue weighted by Gasteiger charge is 2.39. The number of pyridine rings is 2. The van der Waals surface area contributed by atoms with Gasteiger partial charge in [-0.05, 0) is 54.1 Å². The maximum Gasteiger partial charge on any atom is 0.264 e. The number of amides is 1. The van der Waals surface area contributed by atoms with E-state index in [0.29, 0.717) is 16.0 Å². The molecule has 2 atom stereocenters. The third-order valence-corrected chi connectivity index (χ3v) is 5.60. The molecule has 1 aliphatic carbocycles. The summed E-state index contributed by atoms with van der Waals surface area (Å²) >= 11 is 1.38. The summed E-state index contributed by atoms with van der Waals surface area (Å²) < 4.78 is 0. The summed E-state index contributed by atoms with van der Waals surface area (Å²) in [4.78, 5) is 26.4. The van der Waals surface area contributed by atoms with Gasteiger partial charge in [0.1, 0.15) is 0 Å². The fraction of sp³-hybridized carbons (Fsp3) is 0.143. The summed E-state index contributed by atoms with van der Waals surface area (Å²) in [5.41, 5.74) is 3.70. The molecule has 2 fully saturated rings. The van der Waals surface area contributed by atoms with Gasteiger partial charge < -0.3 is 5.32 Å². The van der Waals surface area contributed by atoms with Gasteiger partial charge in [0.05, 0.1) is 27.7 Å².